The maximum atomic E-state index is 6.60. The van der Waals surface area contributed by atoms with Gasteiger partial charge in [0.15, 0.2) is 0 Å². The van der Waals surface area contributed by atoms with Crippen molar-refractivity contribution in [2.24, 2.45) is 23.2 Å². The molecule has 3 aliphatic carbocycles. The minimum absolute atomic E-state index is 0.542. The minimum Gasteiger partial charge on any atom is -0.127 e. The molecular formula is C12H23ClSi. The van der Waals surface area contributed by atoms with E-state index in [9.17, 15) is 0 Å². The van der Waals surface area contributed by atoms with E-state index in [2.05, 4.69) is 26.9 Å². The van der Waals surface area contributed by atoms with Crippen molar-refractivity contribution in [3.05, 3.63) is 0 Å². The summed E-state index contributed by atoms with van der Waals surface area (Å²) >= 11 is 6.60. The van der Waals surface area contributed by atoms with E-state index in [1.54, 1.807) is 0 Å². The van der Waals surface area contributed by atoms with Gasteiger partial charge in [-0.3, -0.25) is 0 Å². The summed E-state index contributed by atoms with van der Waals surface area (Å²) in [6.45, 7) is 9.72. The molecule has 82 valence electrons. The Bertz CT molecular complexity index is 222. The Kier molecular flexibility index (Phi) is 2.77. The van der Waals surface area contributed by atoms with Crippen molar-refractivity contribution < 1.29 is 0 Å². The summed E-state index contributed by atoms with van der Waals surface area (Å²) in [5, 5.41) is 0.542. The number of fused-ring (bicyclic) bond motifs is 2. The van der Waals surface area contributed by atoms with Crippen LogP contribution in [0.15, 0.2) is 0 Å². The fourth-order valence-corrected chi connectivity index (χ4v) is 5.49. The van der Waals surface area contributed by atoms with Gasteiger partial charge in [-0.05, 0) is 42.4 Å². The van der Waals surface area contributed by atoms with Gasteiger partial charge in [0.2, 0.25) is 0 Å². The second kappa shape index (κ2) is 3.52. The van der Waals surface area contributed by atoms with E-state index in [1.165, 1.54) is 19.3 Å². The molecule has 0 heterocycles. The van der Waals surface area contributed by atoms with E-state index in [1.807, 2.05) is 0 Å². The minimum atomic E-state index is -0.644. The summed E-state index contributed by atoms with van der Waals surface area (Å²) in [6, 6.07) is 0. The van der Waals surface area contributed by atoms with Gasteiger partial charge in [0.1, 0.15) is 0 Å². The summed E-state index contributed by atoms with van der Waals surface area (Å²) in [5.74, 6) is 2.81. The van der Waals surface area contributed by atoms with Gasteiger partial charge in [-0.1, -0.05) is 26.9 Å². The molecule has 0 N–H and O–H groups in total. The zero-order chi connectivity index (χ0) is 10.5. The van der Waals surface area contributed by atoms with Gasteiger partial charge in [0.05, 0.1) is 8.80 Å². The van der Waals surface area contributed by atoms with Crippen molar-refractivity contribution in [3.63, 3.8) is 0 Å². The van der Waals surface area contributed by atoms with E-state index in [4.69, 9.17) is 11.6 Å². The first-order valence-corrected chi connectivity index (χ1v) is 9.50. The van der Waals surface area contributed by atoms with E-state index in [0.29, 0.717) is 10.4 Å². The molecule has 0 aromatic heterocycles. The molecule has 2 heteroatoms. The molecule has 0 spiro atoms. The van der Waals surface area contributed by atoms with Crippen molar-refractivity contribution in [1.29, 1.82) is 0 Å². The third-order valence-electron chi connectivity index (χ3n) is 4.96. The Morgan fingerprint density at radius 2 is 1.93 bits per heavy atom. The lowest BCUT2D eigenvalue weighted by Gasteiger charge is -2.61. The molecule has 3 fully saturated rings. The normalized spacial score (nSPS) is 42.0. The first kappa shape index (κ1) is 11.0. The average Bonchev–Trinajstić information content (AvgIpc) is 2.16. The molecule has 0 saturated heterocycles. The molecule has 2 bridgehead atoms. The molecule has 0 nitrogen and oxygen atoms in total. The lowest BCUT2D eigenvalue weighted by Crippen LogP contribution is -2.55. The molecule has 0 aromatic rings. The van der Waals surface area contributed by atoms with Crippen molar-refractivity contribution in [2.75, 3.05) is 0 Å². The molecule has 0 radical (unpaired) electrons. The van der Waals surface area contributed by atoms with Crippen LogP contribution in [0.2, 0.25) is 13.1 Å². The Morgan fingerprint density at radius 3 is 2.36 bits per heavy atom. The van der Waals surface area contributed by atoms with Crippen LogP contribution in [-0.4, -0.2) is 13.8 Å². The van der Waals surface area contributed by atoms with Crippen LogP contribution in [0.5, 0.6) is 0 Å². The van der Waals surface area contributed by atoms with E-state index in [-0.39, 0.29) is 0 Å². The second-order valence-corrected chi connectivity index (χ2v) is 10.4. The number of halogens is 1. The van der Waals surface area contributed by atoms with E-state index < -0.39 is 8.80 Å². The quantitative estimate of drug-likeness (QED) is 0.502. The van der Waals surface area contributed by atoms with Gasteiger partial charge in [0.25, 0.3) is 0 Å². The van der Waals surface area contributed by atoms with Crippen LogP contribution in [0.1, 0.15) is 33.1 Å². The van der Waals surface area contributed by atoms with Crippen LogP contribution >= 0.6 is 11.6 Å². The number of alkyl halides is 1. The van der Waals surface area contributed by atoms with Gasteiger partial charge in [-0.25, -0.2) is 0 Å². The van der Waals surface area contributed by atoms with Gasteiger partial charge in [-0.15, -0.1) is 11.6 Å². The molecule has 4 atom stereocenters. The molecule has 3 aliphatic rings. The summed E-state index contributed by atoms with van der Waals surface area (Å²) in [6.07, 6.45) is 4.33. The highest BCUT2D eigenvalue weighted by Crippen LogP contribution is 2.62. The van der Waals surface area contributed by atoms with Crippen molar-refractivity contribution >= 4 is 20.4 Å². The topological polar surface area (TPSA) is 0 Å². The maximum absolute atomic E-state index is 6.60. The first-order valence-electron chi connectivity index (χ1n) is 6.08. The molecule has 3 saturated carbocycles. The van der Waals surface area contributed by atoms with E-state index >= 15 is 0 Å². The van der Waals surface area contributed by atoms with Crippen LogP contribution in [0, 0.1) is 23.2 Å². The van der Waals surface area contributed by atoms with Crippen molar-refractivity contribution in [1.82, 2.24) is 0 Å². The Labute approximate surface area is 95.0 Å². The Balaban J connectivity index is 2.07. The van der Waals surface area contributed by atoms with Crippen LogP contribution in [0.3, 0.4) is 0 Å². The van der Waals surface area contributed by atoms with Gasteiger partial charge in [0, 0.05) is 5.00 Å². The average molecular weight is 231 g/mol. The molecule has 0 aliphatic heterocycles. The van der Waals surface area contributed by atoms with Crippen LogP contribution < -0.4 is 0 Å². The van der Waals surface area contributed by atoms with Gasteiger partial charge in [-0.2, -0.15) is 0 Å². The maximum Gasteiger partial charge on any atom is 0.0522 e. The first-order chi connectivity index (χ1) is 6.44. The van der Waals surface area contributed by atoms with Gasteiger partial charge < -0.3 is 0 Å². The highest BCUT2D eigenvalue weighted by molar-refractivity contribution is 6.67. The molecular weight excluding hydrogens is 208 g/mol. The highest BCUT2D eigenvalue weighted by atomic mass is 35.5. The highest BCUT2D eigenvalue weighted by Gasteiger charge is 2.55. The zero-order valence-electron chi connectivity index (χ0n) is 9.89. The lowest BCUT2D eigenvalue weighted by atomic mass is 9.46. The molecule has 0 amide bonds. The third kappa shape index (κ3) is 1.48. The SMILES string of the molecule is C[SiH](C)[C@@H](Cl)[C@H]1CC[C@H]2C[C@@H]1C2(C)C. The van der Waals surface area contributed by atoms with Crippen LogP contribution in [0.4, 0.5) is 0 Å². The fourth-order valence-electron chi connectivity index (χ4n) is 3.74. The lowest BCUT2D eigenvalue weighted by molar-refractivity contribution is -0.101. The zero-order valence-corrected chi connectivity index (χ0v) is 11.8. The predicted octanol–water partition coefficient (Wildman–Crippen LogP) is 3.69. The third-order valence-corrected chi connectivity index (χ3v) is 8.56. The number of rotatable bonds is 2. The number of hydrogen-bond donors (Lipinski definition) is 0. The molecule has 0 unspecified atom stereocenters. The summed E-state index contributed by atoms with van der Waals surface area (Å²) in [7, 11) is -0.644. The Hall–Kier alpha value is 0.507. The second-order valence-electron chi connectivity index (χ2n) is 6.29. The fraction of sp³-hybridized carbons (Fsp3) is 1.00. The van der Waals surface area contributed by atoms with E-state index in [0.717, 1.165) is 17.8 Å². The predicted molar refractivity (Wildman–Crippen MR) is 66.6 cm³/mol. The summed E-state index contributed by atoms with van der Waals surface area (Å²) < 4.78 is 0. The summed E-state index contributed by atoms with van der Waals surface area (Å²) in [4.78, 5) is 0. The molecule has 3 rings (SSSR count). The largest absolute Gasteiger partial charge is 0.127 e. The number of hydrogen-bond acceptors (Lipinski definition) is 0. The van der Waals surface area contributed by atoms with Gasteiger partial charge >= 0.3 is 0 Å². The smallest absolute Gasteiger partial charge is 0.0522 e. The Morgan fingerprint density at radius 1 is 1.29 bits per heavy atom. The van der Waals surface area contributed by atoms with Crippen LogP contribution in [-0.2, 0) is 0 Å². The molecule has 0 aromatic carbocycles. The van der Waals surface area contributed by atoms with Crippen molar-refractivity contribution in [3.8, 4) is 0 Å². The summed E-state index contributed by atoms with van der Waals surface area (Å²) in [5.41, 5.74) is 0.610. The monoisotopic (exact) mass is 230 g/mol. The molecule has 14 heavy (non-hydrogen) atoms. The van der Waals surface area contributed by atoms with Crippen LogP contribution in [0.25, 0.3) is 0 Å². The van der Waals surface area contributed by atoms with Crippen molar-refractivity contribution in [2.45, 2.75) is 51.2 Å². The standard InChI is InChI=1S/C12H23ClSi/c1-12(2)8-5-6-9(10(12)7-8)11(13)14(3)4/h8-11,14H,5-7H2,1-4H3/t8-,9-,10-,11+/m0/s1.